The fraction of sp³-hybridized carbons (Fsp3) is 0.621. The van der Waals surface area contributed by atoms with Crippen LogP contribution in [-0.2, 0) is 4.79 Å². The second kappa shape index (κ2) is 12.8. The molecule has 0 aliphatic heterocycles. The van der Waals surface area contributed by atoms with Crippen molar-refractivity contribution >= 4 is 23.4 Å². The Balaban J connectivity index is 0.000000305. The Hall–Kier alpha value is -1.72. The number of carbonyl (C=O) groups is 1. The predicted octanol–water partition coefficient (Wildman–Crippen LogP) is 7.32. The van der Waals surface area contributed by atoms with E-state index in [4.69, 9.17) is 11.5 Å². The van der Waals surface area contributed by atoms with Gasteiger partial charge in [-0.3, -0.25) is 4.79 Å². The first-order valence-corrected chi connectivity index (χ1v) is 13.3. The molecule has 0 aromatic heterocycles. The lowest BCUT2D eigenvalue weighted by Crippen LogP contribution is -2.42. The normalized spacial score (nSPS) is 28.0. The van der Waals surface area contributed by atoms with Crippen molar-refractivity contribution in [3.05, 3.63) is 49.2 Å². The number of nitrogens with zero attached hydrogens (tertiary/aromatic N) is 1. The number of rotatable bonds is 5. The van der Waals surface area contributed by atoms with Crippen LogP contribution in [0, 0.1) is 29.1 Å². The molecule has 1 aromatic carbocycles. The van der Waals surface area contributed by atoms with Gasteiger partial charge in [0.15, 0.2) is 0 Å². The molecule has 4 N–H and O–H groups in total. The number of benzene rings is 1. The molecule has 0 heterocycles. The maximum atomic E-state index is 11.5. The van der Waals surface area contributed by atoms with Gasteiger partial charge in [-0.15, -0.1) is 6.58 Å². The number of likely N-dealkylation sites (N-methyl/N-ethyl adjacent to an activating group) is 1. The van der Waals surface area contributed by atoms with E-state index in [1.165, 1.54) is 37.6 Å². The van der Waals surface area contributed by atoms with Gasteiger partial charge in [-0.25, -0.2) is 4.31 Å². The second-order valence-corrected chi connectivity index (χ2v) is 12.2. The molecule has 0 amide bonds. The van der Waals surface area contributed by atoms with Crippen molar-refractivity contribution in [2.75, 3.05) is 12.8 Å². The van der Waals surface area contributed by atoms with E-state index in [0.717, 1.165) is 40.0 Å². The van der Waals surface area contributed by atoms with Crippen LogP contribution < -0.4 is 11.5 Å². The van der Waals surface area contributed by atoms with Crippen molar-refractivity contribution in [3.8, 4) is 0 Å². The summed E-state index contributed by atoms with van der Waals surface area (Å²) in [4.78, 5) is 12.5. The molecule has 2 aliphatic carbocycles. The smallest absolute Gasteiger partial charge is 0.150 e. The third kappa shape index (κ3) is 7.91. The van der Waals surface area contributed by atoms with Crippen LogP contribution in [0.1, 0.15) is 74.1 Å². The topological polar surface area (TPSA) is 72.4 Å². The zero-order valence-corrected chi connectivity index (χ0v) is 23.7. The zero-order chi connectivity index (χ0) is 26.3. The third-order valence-electron chi connectivity index (χ3n) is 8.01. The van der Waals surface area contributed by atoms with E-state index in [1.54, 1.807) is 13.0 Å². The number of nitrogen functional groups attached to an aromatic ring is 1. The highest BCUT2D eigenvalue weighted by Gasteiger charge is 2.44. The Labute approximate surface area is 213 Å². The van der Waals surface area contributed by atoms with E-state index >= 15 is 0 Å². The number of para-hydroxylation sites is 1. The number of ketones is 1. The van der Waals surface area contributed by atoms with Gasteiger partial charge in [0.05, 0.1) is 5.54 Å². The van der Waals surface area contributed by atoms with Crippen molar-refractivity contribution in [2.24, 2.45) is 34.8 Å². The number of hydrogen-bond donors (Lipinski definition) is 2. The van der Waals surface area contributed by atoms with E-state index in [9.17, 15) is 4.79 Å². The van der Waals surface area contributed by atoms with Crippen LogP contribution in [0.25, 0.3) is 0 Å². The minimum atomic E-state index is -0.493. The van der Waals surface area contributed by atoms with Crippen LogP contribution in [-0.4, -0.2) is 22.7 Å². The SMILES string of the molecule is C=C(N)C1(C)CC2CC(C)C(C)C(C2)C1.C=CC.CC(=O)C(C)(C)N(C)Sc1ccccc1N. The second-order valence-electron chi connectivity index (χ2n) is 11.1. The minimum absolute atomic E-state index is 0.136. The molecule has 5 heteroatoms. The molecule has 0 saturated heterocycles. The molecule has 0 radical (unpaired) electrons. The molecule has 5 atom stereocenters. The van der Waals surface area contributed by atoms with Gasteiger partial charge in [0.25, 0.3) is 0 Å². The highest BCUT2D eigenvalue weighted by molar-refractivity contribution is 7.97. The summed E-state index contributed by atoms with van der Waals surface area (Å²) in [5, 5.41) is 0. The molecule has 192 valence electrons. The van der Waals surface area contributed by atoms with Gasteiger partial charge in [0, 0.05) is 21.7 Å². The zero-order valence-electron chi connectivity index (χ0n) is 22.9. The molecule has 2 bridgehead atoms. The Bertz CT molecular complexity index is 834. The summed E-state index contributed by atoms with van der Waals surface area (Å²) < 4.78 is 1.93. The van der Waals surface area contributed by atoms with Gasteiger partial charge in [-0.2, -0.15) is 0 Å². The quantitative estimate of drug-likeness (QED) is 0.258. The van der Waals surface area contributed by atoms with Crippen molar-refractivity contribution in [2.45, 2.75) is 84.6 Å². The summed E-state index contributed by atoms with van der Waals surface area (Å²) in [6.07, 6.45) is 7.13. The van der Waals surface area contributed by atoms with Gasteiger partial charge < -0.3 is 11.5 Å². The van der Waals surface area contributed by atoms with E-state index in [0.29, 0.717) is 0 Å². The standard InChI is InChI=1S/C14H25N.C12H18N2OS.C3H6/c1-9-5-12-6-13(10(9)2)8-14(4,7-12)11(3)15;1-9(15)12(2,3)14(4)16-11-8-6-5-7-10(11)13;1-3-2/h9-10,12-13H,3,5-8,15H2,1-2,4H3;5-8H,13H2,1-4H3;3H,1H2,2H3. The molecule has 5 unspecified atom stereocenters. The summed E-state index contributed by atoms with van der Waals surface area (Å²) in [5.74, 6) is 3.71. The van der Waals surface area contributed by atoms with Crippen LogP contribution in [0.5, 0.6) is 0 Å². The summed E-state index contributed by atoms with van der Waals surface area (Å²) in [5.41, 5.74) is 13.2. The summed E-state index contributed by atoms with van der Waals surface area (Å²) in [6, 6.07) is 7.65. The molecule has 2 saturated carbocycles. The molecule has 2 aliphatic rings. The van der Waals surface area contributed by atoms with E-state index in [-0.39, 0.29) is 11.2 Å². The first kappa shape index (κ1) is 30.3. The van der Waals surface area contributed by atoms with Gasteiger partial charge in [0.2, 0.25) is 0 Å². The molecule has 2 fully saturated rings. The Morgan fingerprint density at radius 1 is 1.24 bits per heavy atom. The monoisotopic (exact) mass is 487 g/mol. The first-order valence-electron chi connectivity index (χ1n) is 12.5. The number of nitrogens with two attached hydrogens (primary N) is 2. The fourth-order valence-corrected chi connectivity index (χ4v) is 5.95. The largest absolute Gasteiger partial charge is 0.402 e. The predicted molar refractivity (Wildman–Crippen MR) is 150 cm³/mol. The first-order chi connectivity index (χ1) is 15.7. The number of carbonyl (C=O) groups excluding carboxylic acids is 1. The number of Topliss-reactive ketones (excluding diaryl/α,β-unsaturated/α-hetero) is 1. The molecule has 3 rings (SSSR count). The van der Waals surface area contributed by atoms with Crippen molar-refractivity contribution in [1.29, 1.82) is 0 Å². The molecule has 0 spiro atoms. The third-order valence-corrected chi connectivity index (χ3v) is 9.31. The fourth-order valence-electron chi connectivity index (χ4n) is 4.99. The lowest BCUT2D eigenvalue weighted by molar-refractivity contribution is -0.123. The number of anilines is 1. The highest BCUT2D eigenvalue weighted by Crippen LogP contribution is 2.53. The van der Waals surface area contributed by atoms with Crippen molar-refractivity contribution in [1.82, 2.24) is 4.31 Å². The van der Waals surface area contributed by atoms with E-state index in [2.05, 4.69) is 33.9 Å². The van der Waals surface area contributed by atoms with Crippen LogP contribution in [0.3, 0.4) is 0 Å². The summed E-state index contributed by atoms with van der Waals surface area (Å²) in [6.45, 7) is 21.8. The van der Waals surface area contributed by atoms with Gasteiger partial charge in [0.1, 0.15) is 5.78 Å². The minimum Gasteiger partial charge on any atom is -0.402 e. The van der Waals surface area contributed by atoms with Crippen LogP contribution in [0.4, 0.5) is 5.69 Å². The molecular formula is C29H49N3OS. The molecular weight excluding hydrogens is 438 g/mol. The van der Waals surface area contributed by atoms with E-state index < -0.39 is 5.54 Å². The number of fused-ring (bicyclic) bond motifs is 2. The van der Waals surface area contributed by atoms with Crippen LogP contribution in [0.15, 0.2) is 54.1 Å². The van der Waals surface area contributed by atoms with Crippen LogP contribution in [0.2, 0.25) is 0 Å². The number of allylic oxidation sites excluding steroid dienone is 2. The molecule has 1 aromatic rings. The van der Waals surface area contributed by atoms with Gasteiger partial charge in [-0.1, -0.05) is 45.6 Å². The number of hydrogen-bond acceptors (Lipinski definition) is 5. The van der Waals surface area contributed by atoms with Crippen molar-refractivity contribution < 1.29 is 4.79 Å². The van der Waals surface area contributed by atoms with Crippen molar-refractivity contribution in [3.63, 3.8) is 0 Å². The average molecular weight is 488 g/mol. The maximum Gasteiger partial charge on any atom is 0.150 e. The van der Waals surface area contributed by atoms with Gasteiger partial charge >= 0.3 is 0 Å². The van der Waals surface area contributed by atoms with E-state index in [1.807, 2.05) is 56.4 Å². The lowest BCUT2D eigenvalue weighted by atomic mass is 9.55. The summed E-state index contributed by atoms with van der Waals surface area (Å²) in [7, 11) is 1.90. The molecule has 4 nitrogen and oxygen atoms in total. The average Bonchev–Trinajstić information content (AvgIpc) is 2.74. The Morgan fingerprint density at radius 2 is 1.79 bits per heavy atom. The van der Waals surface area contributed by atoms with Crippen LogP contribution >= 0.6 is 11.9 Å². The Morgan fingerprint density at radius 3 is 2.29 bits per heavy atom. The lowest BCUT2D eigenvalue weighted by Gasteiger charge is -2.50. The molecule has 34 heavy (non-hydrogen) atoms. The Kier molecular flexibility index (Phi) is 11.4. The maximum absolute atomic E-state index is 11.5. The van der Waals surface area contributed by atoms with Gasteiger partial charge in [-0.05, 0) is 108 Å². The highest BCUT2D eigenvalue weighted by atomic mass is 32.2. The summed E-state index contributed by atoms with van der Waals surface area (Å²) >= 11 is 1.49.